The van der Waals surface area contributed by atoms with Crippen molar-refractivity contribution in [3.8, 4) is 11.4 Å². The lowest BCUT2D eigenvalue weighted by Crippen LogP contribution is -2.11. The number of nitrogens with two attached hydrogens (primary N) is 1. The molecule has 0 spiro atoms. The van der Waals surface area contributed by atoms with Crippen molar-refractivity contribution >= 4 is 11.8 Å². The Morgan fingerprint density at radius 2 is 2.35 bits per heavy atom. The topological polar surface area (TPSA) is 78.1 Å². The maximum Gasteiger partial charge on any atom is 0.243 e. The minimum Gasteiger partial charge on any atom is -0.469 e. The van der Waals surface area contributed by atoms with Crippen LogP contribution in [0.2, 0.25) is 0 Å². The fourth-order valence-corrected chi connectivity index (χ4v) is 1.97. The third-order valence-corrected chi connectivity index (χ3v) is 3.14. The van der Waals surface area contributed by atoms with Gasteiger partial charge in [0.25, 0.3) is 0 Å². The highest BCUT2D eigenvalue weighted by Gasteiger charge is 2.17. The second-order valence-electron chi connectivity index (χ2n) is 3.73. The number of nitrogens with zero attached hydrogens (tertiary/aromatic N) is 2. The van der Waals surface area contributed by atoms with E-state index in [2.05, 4.69) is 10.1 Å². The molecular formula is C11H15N3O2S. The standard InChI is InChI=1S/C11H15N3O2S/c1-7-8(3-5-15-7)10-13-11(16-14-10)9(12)4-6-17-2/h3,5,9H,4,6,12H2,1-2H3/t9-/m0/s1. The summed E-state index contributed by atoms with van der Waals surface area (Å²) < 4.78 is 10.4. The quantitative estimate of drug-likeness (QED) is 0.881. The molecule has 0 saturated heterocycles. The Labute approximate surface area is 104 Å². The lowest BCUT2D eigenvalue weighted by molar-refractivity contribution is 0.353. The first-order chi connectivity index (χ1) is 8.22. The van der Waals surface area contributed by atoms with E-state index < -0.39 is 0 Å². The lowest BCUT2D eigenvalue weighted by Gasteiger charge is -2.03. The molecule has 2 aromatic heterocycles. The smallest absolute Gasteiger partial charge is 0.243 e. The minimum atomic E-state index is -0.198. The Morgan fingerprint density at radius 3 is 3.00 bits per heavy atom. The molecule has 5 nitrogen and oxygen atoms in total. The maximum absolute atomic E-state index is 5.95. The van der Waals surface area contributed by atoms with Gasteiger partial charge >= 0.3 is 0 Å². The first-order valence-electron chi connectivity index (χ1n) is 5.35. The largest absolute Gasteiger partial charge is 0.469 e. The van der Waals surface area contributed by atoms with Gasteiger partial charge < -0.3 is 14.7 Å². The average Bonchev–Trinajstić information content (AvgIpc) is 2.93. The van der Waals surface area contributed by atoms with E-state index in [1.165, 1.54) is 0 Å². The number of aromatic nitrogens is 2. The van der Waals surface area contributed by atoms with Gasteiger partial charge in [0.1, 0.15) is 5.76 Å². The number of hydrogen-bond donors (Lipinski definition) is 1. The molecule has 0 unspecified atom stereocenters. The molecule has 6 heteroatoms. The summed E-state index contributed by atoms with van der Waals surface area (Å²) in [6, 6.07) is 1.62. The molecule has 0 radical (unpaired) electrons. The Bertz CT molecular complexity index is 481. The van der Waals surface area contributed by atoms with Crippen molar-refractivity contribution in [1.29, 1.82) is 0 Å². The number of rotatable bonds is 5. The van der Waals surface area contributed by atoms with E-state index in [0.717, 1.165) is 23.5 Å². The monoisotopic (exact) mass is 253 g/mol. The zero-order valence-corrected chi connectivity index (χ0v) is 10.7. The number of thioether (sulfide) groups is 1. The summed E-state index contributed by atoms with van der Waals surface area (Å²) in [5.41, 5.74) is 6.80. The van der Waals surface area contributed by atoms with E-state index in [0.29, 0.717) is 11.7 Å². The van der Waals surface area contributed by atoms with Crippen molar-refractivity contribution in [2.45, 2.75) is 19.4 Å². The van der Waals surface area contributed by atoms with Crippen LogP contribution in [0.1, 0.15) is 24.1 Å². The summed E-state index contributed by atoms with van der Waals surface area (Å²) >= 11 is 1.75. The van der Waals surface area contributed by atoms with Crippen LogP contribution in [0.3, 0.4) is 0 Å². The van der Waals surface area contributed by atoms with Crippen LogP contribution in [0.4, 0.5) is 0 Å². The molecule has 2 heterocycles. The Morgan fingerprint density at radius 1 is 1.53 bits per heavy atom. The van der Waals surface area contributed by atoms with Gasteiger partial charge in [-0.15, -0.1) is 0 Å². The van der Waals surface area contributed by atoms with Crippen LogP contribution in [0.25, 0.3) is 11.4 Å². The molecule has 2 N–H and O–H groups in total. The first-order valence-corrected chi connectivity index (χ1v) is 6.74. The fraction of sp³-hybridized carbons (Fsp3) is 0.455. The molecule has 92 valence electrons. The third kappa shape index (κ3) is 2.70. The Hall–Kier alpha value is -1.27. The molecule has 17 heavy (non-hydrogen) atoms. The summed E-state index contributed by atoms with van der Waals surface area (Å²) in [7, 11) is 0. The molecule has 0 aliphatic rings. The van der Waals surface area contributed by atoms with Gasteiger partial charge in [0, 0.05) is 0 Å². The summed E-state index contributed by atoms with van der Waals surface area (Å²) in [4.78, 5) is 4.29. The van der Waals surface area contributed by atoms with E-state index in [4.69, 9.17) is 14.7 Å². The molecule has 0 saturated carbocycles. The van der Waals surface area contributed by atoms with Crippen LogP contribution in [-0.4, -0.2) is 22.1 Å². The molecule has 2 aromatic rings. The van der Waals surface area contributed by atoms with Crippen molar-refractivity contribution < 1.29 is 8.94 Å². The van der Waals surface area contributed by atoms with Crippen LogP contribution >= 0.6 is 11.8 Å². The highest BCUT2D eigenvalue weighted by Crippen LogP contribution is 2.23. The van der Waals surface area contributed by atoms with Crippen molar-refractivity contribution in [3.63, 3.8) is 0 Å². The summed E-state index contributed by atoms with van der Waals surface area (Å²) in [5, 5.41) is 3.92. The van der Waals surface area contributed by atoms with Crippen LogP contribution in [0.5, 0.6) is 0 Å². The van der Waals surface area contributed by atoms with E-state index >= 15 is 0 Å². The molecule has 0 amide bonds. The van der Waals surface area contributed by atoms with Gasteiger partial charge in [-0.1, -0.05) is 5.16 Å². The summed E-state index contributed by atoms with van der Waals surface area (Å²) in [6.45, 7) is 1.86. The van der Waals surface area contributed by atoms with Gasteiger partial charge in [0.05, 0.1) is 17.9 Å². The molecule has 0 aliphatic heterocycles. The van der Waals surface area contributed by atoms with Gasteiger partial charge in [0.15, 0.2) is 0 Å². The Kier molecular flexibility index (Phi) is 3.86. The van der Waals surface area contributed by atoms with Crippen LogP contribution < -0.4 is 5.73 Å². The lowest BCUT2D eigenvalue weighted by atomic mass is 10.2. The SMILES string of the molecule is CSCC[C@H](N)c1nc(-c2ccoc2C)no1. The van der Waals surface area contributed by atoms with Crippen molar-refractivity contribution in [3.05, 3.63) is 24.0 Å². The maximum atomic E-state index is 5.95. The van der Waals surface area contributed by atoms with Gasteiger partial charge in [-0.2, -0.15) is 16.7 Å². The van der Waals surface area contributed by atoms with Gasteiger partial charge in [-0.3, -0.25) is 0 Å². The molecule has 0 bridgehead atoms. The van der Waals surface area contributed by atoms with Crippen LogP contribution in [0.15, 0.2) is 21.3 Å². The normalized spacial score (nSPS) is 12.9. The molecular weight excluding hydrogens is 238 g/mol. The van der Waals surface area contributed by atoms with Crippen molar-refractivity contribution in [2.75, 3.05) is 12.0 Å². The fourth-order valence-electron chi connectivity index (χ4n) is 1.48. The van der Waals surface area contributed by atoms with E-state index in [1.807, 2.05) is 19.2 Å². The second kappa shape index (κ2) is 5.37. The second-order valence-corrected chi connectivity index (χ2v) is 4.72. The number of furan rings is 1. The van der Waals surface area contributed by atoms with E-state index in [-0.39, 0.29) is 6.04 Å². The van der Waals surface area contributed by atoms with Gasteiger partial charge in [-0.25, -0.2) is 0 Å². The van der Waals surface area contributed by atoms with E-state index in [9.17, 15) is 0 Å². The van der Waals surface area contributed by atoms with Crippen LogP contribution in [-0.2, 0) is 0 Å². The highest BCUT2D eigenvalue weighted by atomic mass is 32.2. The summed E-state index contributed by atoms with van der Waals surface area (Å²) in [6.07, 6.45) is 4.47. The molecule has 0 fully saturated rings. The number of aryl methyl sites for hydroxylation is 1. The number of hydrogen-bond acceptors (Lipinski definition) is 6. The van der Waals surface area contributed by atoms with Gasteiger partial charge in [0.2, 0.25) is 11.7 Å². The molecule has 1 atom stereocenters. The minimum absolute atomic E-state index is 0.198. The predicted molar refractivity (Wildman–Crippen MR) is 66.7 cm³/mol. The van der Waals surface area contributed by atoms with Crippen molar-refractivity contribution in [1.82, 2.24) is 10.1 Å². The average molecular weight is 253 g/mol. The predicted octanol–water partition coefficient (Wildman–Crippen LogP) is 2.39. The molecule has 0 aromatic carbocycles. The van der Waals surface area contributed by atoms with Crippen molar-refractivity contribution in [2.24, 2.45) is 5.73 Å². The highest BCUT2D eigenvalue weighted by molar-refractivity contribution is 7.98. The summed E-state index contributed by atoms with van der Waals surface area (Å²) in [5.74, 6) is 2.76. The van der Waals surface area contributed by atoms with Gasteiger partial charge in [-0.05, 0) is 31.4 Å². The zero-order valence-electron chi connectivity index (χ0n) is 9.84. The Balaban J connectivity index is 2.13. The van der Waals surface area contributed by atoms with E-state index in [1.54, 1.807) is 18.0 Å². The third-order valence-electron chi connectivity index (χ3n) is 2.49. The first kappa shape index (κ1) is 12.2. The van der Waals surface area contributed by atoms with Crippen LogP contribution in [0, 0.1) is 6.92 Å². The molecule has 0 aliphatic carbocycles. The molecule has 2 rings (SSSR count). The zero-order chi connectivity index (χ0) is 12.3.